The quantitative estimate of drug-likeness (QED) is 0.0413. The zero-order valence-corrected chi connectivity index (χ0v) is 35.2. The number of rotatable bonds is 14. The highest BCUT2D eigenvalue weighted by Gasteiger charge is 2.46. The fraction of sp³-hybridized carbons (Fsp3) is 0.333. The number of fused-ring (bicyclic) bond motifs is 6. The molecule has 2 heterocycles. The van der Waals surface area contributed by atoms with E-state index >= 15 is 0 Å². The van der Waals surface area contributed by atoms with Gasteiger partial charge in [-0.15, -0.1) is 0 Å². The lowest BCUT2D eigenvalue weighted by Gasteiger charge is -2.27. The zero-order chi connectivity index (χ0) is 42.6. The number of allylic oxidation sites excluding steroid dienone is 6. The van der Waals surface area contributed by atoms with Crippen molar-refractivity contribution in [3.8, 4) is 0 Å². The lowest BCUT2D eigenvalue weighted by molar-refractivity contribution is -0.437. The molecule has 0 amide bonds. The van der Waals surface area contributed by atoms with E-state index < -0.39 is 56.9 Å². The molecule has 4 aromatic rings. The molecule has 16 heteroatoms. The first kappa shape index (κ1) is 42.9. The minimum Gasteiger partial charge on any atom is -0.481 e. The average molecular weight is 852 g/mol. The maximum atomic E-state index is 12.4. The molecular formula is C42H47N2O11S3+. The van der Waals surface area contributed by atoms with Crippen molar-refractivity contribution in [3.63, 3.8) is 0 Å². The van der Waals surface area contributed by atoms with Gasteiger partial charge in [-0.05, 0) is 79.4 Å². The first-order valence-electron chi connectivity index (χ1n) is 18.8. The van der Waals surface area contributed by atoms with Gasteiger partial charge in [-0.1, -0.05) is 63.6 Å². The van der Waals surface area contributed by atoms with Crippen LogP contribution in [0.25, 0.3) is 21.5 Å². The van der Waals surface area contributed by atoms with Crippen LogP contribution in [0.3, 0.4) is 0 Å². The molecule has 0 aliphatic carbocycles. The van der Waals surface area contributed by atoms with Gasteiger partial charge in [0.05, 0.1) is 10.3 Å². The summed E-state index contributed by atoms with van der Waals surface area (Å²) in [5.41, 5.74) is 3.51. The van der Waals surface area contributed by atoms with E-state index in [1.807, 2.05) is 77.1 Å². The second-order valence-electron chi connectivity index (χ2n) is 15.7. The Kier molecular flexibility index (Phi) is 11.4. The summed E-state index contributed by atoms with van der Waals surface area (Å²) < 4.78 is 106. The molecule has 58 heavy (non-hydrogen) atoms. The molecule has 4 aromatic carbocycles. The van der Waals surface area contributed by atoms with Crippen LogP contribution in [0, 0.1) is 0 Å². The van der Waals surface area contributed by atoms with E-state index in [9.17, 15) is 43.7 Å². The van der Waals surface area contributed by atoms with Crippen LogP contribution in [0.15, 0.2) is 105 Å². The number of anilines is 1. The van der Waals surface area contributed by atoms with Gasteiger partial charge in [0.15, 0.2) is 5.71 Å². The van der Waals surface area contributed by atoms with E-state index in [-0.39, 0.29) is 22.1 Å². The van der Waals surface area contributed by atoms with Crippen molar-refractivity contribution in [2.75, 3.05) is 18.0 Å². The third-order valence-electron chi connectivity index (χ3n) is 11.0. The minimum absolute atomic E-state index is 0.0763. The molecule has 0 fully saturated rings. The van der Waals surface area contributed by atoms with Crippen molar-refractivity contribution in [1.82, 2.24) is 0 Å². The van der Waals surface area contributed by atoms with Crippen LogP contribution in [0.1, 0.15) is 77.8 Å². The largest absolute Gasteiger partial charge is 0.481 e. The lowest BCUT2D eigenvalue weighted by atomic mass is 9.79. The molecule has 2 aliphatic heterocycles. The Morgan fingerprint density at radius 3 is 2.03 bits per heavy atom. The predicted molar refractivity (Wildman–Crippen MR) is 223 cm³/mol. The van der Waals surface area contributed by atoms with Crippen LogP contribution in [-0.4, -0.2) is 73.4 Å². The zero-order valence-electron chi connectivity index (χ0n) is 32.8. The standard InChI is InChI=1S/C42H46N2O11S3/c1-6-23-43-33-22-20-29-31(25-27(56(47,48)49)26-35(29)58(53,54)55)40(33)42(4,5)36(43)16-9-7-10-17-37-41(2,3)39-30-14-13-15-34(57(50,51)52)28(30)19-21-32(39)44(37)24-12-8-11-18-38(45)46/h7,9-10,13-17,19-22,25-26H,6,8,11-12,18,23-24H2,1-5H3,(H3-,45,46,47,48,49,50,51,52,53,54,55)/p+1. The highest BCUT2D eigenvalue weighted by atomic mass is 32.2. The van der Waals surface area contributed by atoms with E-state index in [0.29, 0.717) is 48.7 Å². The number of carboxylic acid groups (broad SMARTS) is 1. The van der Waals surface area contributed by atoms with E-state index in [4.69, 9.17) is 5.11 Å². The smallest absolute Gasteiger partial charge is 0.303 e. The molecular weight excluding hydrogens is 805 g/mol. The van der Waals surface area contributed by atoms with Crippen LogP contribution in [0.4, 0.5) is 11.4 Å². The van der Waals surface area contributed by atoms with Gasteiger partial charge in [0.25, 0.3) is 30.4 Å². The van der Waals surface area contributed by atoms with E-state index in [1.54, 1.807) is 18.2 Å². The summed E-state index contributed by atoms with van der Waals surface area (Å²) in [5, 5.41) is 10.6. The fourth-order valence-corrected chi connectivity index (χ4v) is 10.7. The molecule has 0 aromatic heterocycles. The molecule has 0 atom stereocenters. The van der Waals surface area contributed by atoms with Crippen molar-refractivity contribution in [2.24, 2.45) is 0 Å². The maximum Gasteiger partial charge on any atom is 0.303 e. The first-order valence-corrected chi connectivity index (χ1v) is 23.1. The number of carboxylic acids is 1. The van der Waals surface area contributed by atoms with Crippen LogP contribution >= 0.6 is 0 Å². The van der Waals surface area contributed by atoms with Gasteiger partial charge in [-0.2, -0.15) is 29.8 Å². The Morgan fingerprint density at radius 2 is 1.40 bits per heavy atom. The molecule has 0 saturated heterocycles. The van der Waals surface area contributed by atoms with Crippen LogP contribution in [-0.2, 0) is 46.0 Å². The summed E-state index contributed by atoms with van der Waals surface area (Å²) in [6.45, 7) is 11.1. The van der Waals surface area contributed by atoms with E-state index in [1.165, 1.54) is 18.2 Å². The molecule has 0 radical (unpaired) electrons. The molecule has 4 N–H and O–H groups in total. The molecule has 13 nitrogen and oxygen atoms in total. The summed E-state index contributed by atoms with van der Waals surface area (Å²) in [6.07, 6.45) is 12.3. The van der Waals surface area contributed by atoms with Gasteiger partial charge < -0.3 is 10.0 Å². The van der Waals surface area contributed by atoms with Gasteiger partial charge >= 0.3 is 5.97 Å². The Balaban J connectivity index is 1.40. The van der Waals surface area contributed by atoms with E-state index in [0.717, 1.165) is 40.8 Å². The number of hydrogen-bond acceptors (Lipinski definition) is 8. The summed E-state index contributed by atoms with van der Waals surface area (Å²) in [7, 11) is -14.2. The molecule has 2 aliphatic rings. The van der Waals surface area contributed by atoms with Gasteiger partial charge in [-0.3, -0.25) is 18.5 Å². The summed E-state index contributed by atoms with van der Waals surface area (Å²) in [5.74, 6) is -0.848. The Bertz CT molecular complexity index is 2840. The van der Waals surface area contributed by atoms with Gasteiger partial charge in [0.1, 0.15) is 16.3 Å². The SMILES string of the molecule is CCC[N+]1=C(C=CC=CC=C2N(CCCCCC(=O)O)c3ccc4c(S(=O)(=O)O)cccc4c3C2(C)C)C(C)(C)c2c1ccc1c(S(=O)(=O)O)cc(S(=O)(=O)O)cc21. The number of benzene rings is 4. The van der Waals surface area contributed by atoms with Crippen molar-refractivity contribution in [1.29, 1.82) is 0 Å². The highest BCUT2D eigenvalue weighted by molar-refractivity contribution is 7.87. The molecule has 0 saturated carbocycles. The molecule has 0 bridgehead atoms. The van der Waals surface area contributed by atoms with Crippen molar-refractivity contribution >= 4 is 75.0 Å². The summed E-state index contributed by atoms with van der Waals surface area (Å²) in [6, 6.07) is 13.6. The average Bonchev–Trinajstić information content (AvgIpc) is 3.47. The first-order chi connectivity index (χ1) is 27.0. The number of nitrogens with zero attached hydrogens (tertiary/aromatic N) is 2. The summed E-state index contributed by atoms with van der Waals surface area (Å²) >= 11 is 0. The molecule has 6 rings (SSSR count). The van der Waals surface area contributed by atoms with Gasteiger partial charge in [-0.25, -0.2) is 0 Å². The Labute approximate surface area is 339 Å². The molecule has 0 spiro atoms. The third-order valence-corrected chi connectivity index (χ3v) is 13.7. The van der Waals surface area contributed by atoms with Crippen molar-refractivity contribution in [3.05, 3.63) is 102 Å². The third kappa shape index (κ3) is 7.88. The van der Waals surface area contributed by atoms with Crippen LogP contribution < -0.4 is 4.90 Å². The lowest BCUT2D eigenvalue weighted by Crippen LogP contribution is -2.28. The van der Waals surface area contributed by atoms with Gasteiger partial charge in [0, 0.05) is 64.7 Å². The number of aliphatic carboxylic acids is 1. The highest BCUT2D eigenvalue weighted by Crippen LogP contribution is 2.51. The topological polar surface area (TPSA) is 207 Å². The second-order valence-corrected chi connectivity index (χ2v) is 19.9. The summed E-state index contributed by atoms with van der Waals surface area (Å²) in [4.78, 5) is 11.8. The predicted octanol–water partition coefficient (Wildman–Crippen LogP) is 7.96. The van der Waals surface area contributed by atoms with Crippen LogP contribution in [0.5, 0.6) is 0 Å². The van der Waals surface area contributed by atoms with E-state index in [2.05, 4.69) is 9.48 Å². The second kappa shape index (κ2) is 15.5. The number of unbranched alkanes of at least 4 members (excludes halogenated alkanes) is 2. The van der Waals surface area contributed by atoms with Gasteiger partial charge in [0.2, 0.25) is 5.69 Å². The number of carbonyl (C=O) groups is 1. The Hall–Kier alpha value is -4.71. The minimum atomic E-state index is -4.88. The Morgan fingerprint density at radius 1 is 0.724 bits per heavy atom. The van der Waals surface area contributed by atoms with Crippen LogP contribution in [0.2, 0.25) is 0 Å². The molecule has 0 unspecified atom stereocenters. The number of hydrogen-bond donors (Lipinski definition) is 4. The molecule has 308 valence electrons. The fourth-order valence-electron chi connectivity index (χ4n) is 8.61. The maximum absolute atomic E-state index is 12.4. The normalized spacial score (nSPS) is 17.4. The monoisotopic (exact) mass is 851 g/mol. The van der Waals surface area contributed by atoms with Crippen molar-refractivity contribution < 1.29 is 53.4 Å². The van der Waals surface area contributed by atoms with Crippen molar-refractivity contribution in [2.45, 2.75) is 92.2 Å².